The van der Waals surface area contributed by atoms with Gasteiger partial charge in [-0.3, -0.25) is 4.79 Å². The molecule has 0 aliphatic carbocycles. The molecule has 1 amide bonds. The molecule has 0 aromatic rings. The lowest BCUT2D eigenvalue weighted by molar-refractivity contribution is -0.140. The van der Waals surface area contributed by atoms with E-state index in [9.17, 15) is 4.79 Å². The molecule has 14 heavy (non-hydrogen) atoms. The van der Waals surface area contributed by atoms with Crippen LogP contribution in [0.4, 0.5) is 0 Å². The zero-order chi connectivity index (χ0) is 11.4. The molecule has 1 unspecified atom stereocenters. The van der Waals surface area contributed by atoms with Crippen LogP contribution in [0.3, 0.4) is 0 Å². The van der Waals surface area contributed by atoms with Gasteiger partial charge in [0.25, 0.3) is 0 Å². The maximum atomic E-state index is 11.9. The Bertz CT molecular complexity index is 190. The topological polar surface area (TPSA) is 40.5 Å². The highest BCUT2D eigenvalue weighted by Gasteiger charge is 2.29. The molecule has 0 saturated carbocycles. The lowest BCUT2D eigenvalue weighted by atomic mass is 9.99. The molecule has 0 aromatic carbocycles. The van der Waals surface area contributed by atoms with E-state index >= 15 is 0 Å². The first-order valence-corrected chi connectivity index (χ1v) is 5.25. The Balaban J connectivity index is 4.38. The van der Waals surface area contributed by atoms with Gasteiger partial charge in [0.2, 0.25) is 5.91 Å². The highest BCUT2D eigenvalue weighted by atomic mass is 16.3. The normalized spacial score (nSPS) is 13.9. The van der Waals surface area contributed by atoms with Crippen molar-refractivity contribution >= 4 is 5.91 Å². The predicted molar refractivity (Wildman–Crippen MR) is 58.0 cm³/mol. The van der Waals surface area contributed by atoms with E-state index in [1.165, 1.54) is 0 Å². The summed E-state index contributed by atoms with van der Waals surface area (Å²) in [6, 6.07) is 0. The monoisotopic (exact) mass is 201 g/mol. The summed E-state index contributed by atoms with van der Waals surface area (Å²) < 4.78 is 0. The molecule has 0 saturated heterocycles. The third-order valence-corrected chi connectivity index (χ3v) is 2.77. The average molecular weight is 201 g/mol. The van der Waals surface area contributed by atoms with Crippen molar-refractivity contribution in [1.82, 2.24) is 4.90 Å². The number of aliphatic hydroxyl groups excluding tert-OH is 1. The molecule has 84 valence electrons. The Hall–Kier alpha value is -0.570. The van der Waals surface area contributed by atoms with Crippen LogP contribution < -0.4 is 0 Å². The van der Waals surface area contributed by atoms with Crippen LogP contribution in [0.25, 0.3) is 0 Å². The standard InChI is InChI=1S/C11H23NO2/c1-6-7-9(2)10(14)12(5)11(3,4)8-13/h9,13H,6-8H2,1-5H3. The second kappa shape index (κ2) is 5.35. The van der Waals surface area contributed by atoms with Crippen LogP contribution >= 0.6 is 0 Å². The highest BCUT2D eigenvalue weighted by molar-refractivity contribution is 5.78. The molecule has 1 atom stereocenters. The number of rotatable bonds is 5. The van der Waals surface area contributed by atoms with E-state index in [2.05, 4.69) is 6.92 Å². The number of likely N-dealkylation sites (N-methyl/N-ethyl adjacent to an activating group) is 1. The van der Waals surface area contributed by atoms with Crippen LogP contribution in [-0.4, -0.2) is 35.1 Å². The summed E-state index contributed by atoms with van der Waals surface area (Å²) in [6.07, 6.45) is 1.92. The molecule has 0 spiro atoms. The molecule has 3 heteroatoms. The molecular weight excluding hydrogens is 178 g/mol. The first-order valence-electron chi connectivity index (χ1n) is 5.25. The lowest BCUT2D eigenvalue weighted by Gasteiger charge is -2.35. The maximum absolute atomic E-state index is 11.9. The molecule has 0 heterocycles. The summed E-state index contributed by atoms with van der Waals surface area (Å²) in [6.45, 7) is 7.73. The van der Waals surface area contributed by atoms with Crippen molar-refractivity contribution in [1.29, 1.82) is 0 Å². The highest BCUT2D eigenvalue weighted by Crippen LogP contribution is 2.16. The number of amides is 1. The SMILES string of the molecule is CCCC(C)C(=O)N(C)C(C)(C)CO. The molecule has 0 aliphatic rings. The number of aliphatic hydroxyl groups is 1. The quantitative estimate of drug-likeness (QED) is 0.734. The van der Waals surface area contributed by atoms with Crippen LogP contribution in [-0.2, 0) is 4.79 Å². The van der Waals surface area contributed by atoms with Crippen molar-refractivity contribution in [2.45, 2.75) is 46.1 Å². The van der Waals surface area contributed by atoms with Crippen LogP contribution in [0.1, 0.15) is 40.5 Å². The van der Waals surface area contributed by atoms with E-state index in [4.69, 9.17) is 5.11 Å². The van der Waals surface area contributed by atoms with E-state index in [1.54, 1.807) is 11.9 Å². The molecule has 0 rings (SSSR count). The smallest absolute Gasteiger partial charge is 0.225 e. The molecule has 3 nitrogen and oxygen atoms in total. The molecule has 1 N–H and O–H groups in total. The molecular formula is C11H23NO2. The first-order chi connectivity index (χ1) is 6.36. The summed E-state index contributed by atoms with van der Waals surface area (Å²) in [5.74, 6) is 0.168. The Kier molecular flexibility index (Phi) is 5.13. The van der Waals surface area contributed by atoms with Crippen LogP contribution in [0.15, 0.2) is 0 Å². The summed E-state index contributed by atoms with van der Waals surface area (Å²) in [7, 11) is 1.75. The van der Waals surface area contributed by atoms with E-state index in [1.807, 2.05) is 20.8 Å². The molecule has 0 bridgehead atoms. The lowest BCUT2D eigenvalue weighted by Crippen LogP contribution is -2.49. The number of carbonyl (C=O) groups excluding carboxylic acids is 1. The Morgan fingerprint density at radius 3 is 2.36 bits per heavy atom. The largest absolute Gasteiger partial charge is 0.394 e. The Morgan fingerprint density at radius 1 is 1.50 bits per heavy atom. The fourth-order valence-electron chi connectivity index (χ4n) is 1.29. The Morgan fingerprint density at radius 2 is 2.00 bits per heavy atom. The number of nitrogens with zero attached hydrogens (tertiary/aromatic N) is 1. The van der Waals surface area contributed by atoms with E-state index in [-0.39, 0.29) is 18.4 Å². The van der Waals surface area contributed by atoms with Gasteiger partial charge in [-0.2, -0.15) is 0 Å². The third-order valence-electron chi connectivity index (χ3n) is 2.77. The summed E-state index contributed by atoms with van der Waals surface area (Å²) in [4.78, 5) is 13.5. The van der Waals surface area contributed by atoms with Gasteiger partial charge in [-0.15, -0.1) is 0 Å². The van der Waals surface area contributed by atoms with Crippen molar-refractivity contribution in [3.05, 3.63) is 0 Å². The summed E-state index contributed by atoms with van der Waals surface area (Å²) in [5, 5.41) is 9.13. The van der Waals surface area contributed by atoms with Gasteiger partial charge < -0.3 is 10.0 Å². The third kappa shape index (κ3) is 3.29. The fraction of sp³-hybridized carbons (Fsp3) is 0.909. The van der Waals surface area contributed by atoms with Gasteiger partial charge in [0.1, 0.15) is 0 Å². The van der Waals surface area contributed by atoms with Gasteiger partial charge in [0, 0.05) is 13.0 Å². The number of hydrogen-bond acceptors (Lipinski definition) is 2. The minimum absolute atomic E-state index is 0.00587. The summed E-state index contributed by atoms with van der Waals surface area (Å²) in [5.41, 5.74) is -0.459. The van der Waals surface area contributed by atoms with Crippen LogP contribution in [0.2, 0.25) is 0 Å². The fourth-order valence-corrected chi connectivity index (χ4v) is 1.29. The minimum atomic E-state index is -0.459. The van der Waals surface area contributed by atoms with Crippen LogP contribution in [0.5, 0.6) is 0 Å². The second-order valence-electron chi connectivity index (χ2n) is 4.56. The predicted octanol–water partition coefficient (Wildman–Crippen LogP) is 1.65. The Labute approximate surface area is 87.1 Å². The van der Waals surface area contributed by atoms with E-state index in [0.29, 0.717) is 0 Å². The maximum Gasteiger partial charge on any atom is 0.225 e. The van der Waals surface area contributed by atoms with Crippen molar-refractivity contribution in [2.24, 2.45) is 5.92 Å². The van der Waals surface area contributed by atoms with Crippen molar-refractivity contribution in [3.63, 3.8) is 0 Å². The van der Waals surface area contributed by atoms with Crippen molar-refractivity contribution in [2.75, 3.05) is 13.7 Å². The van der Waals surface area contributed by atoms with Gasteiger partial charge in [-0.25, -0.2) is 0 Å². The first kappa shape index (κ1) is 13.4. The van der Waals surface area contributed by atoms with E-state index < -0.39 is 5.54 Å². The van der Waals surface area contributed by atoms with Gasteiger partial charge >= 0.3 is 0 Å². The van der Waals surface area contributed by atoms with Gasteiger partial charge in [-0.05, 0) is 20.3 Å². The van der Waals surface area contributed by atoms with Gasteiger partial charge in [0.05, 0.1) is 12.1 Å². The van der Waals surface area contributed by atoms with Gasteiger partial charge in [0.15, 0.2) is 0 Å². The van der Waals surface area contributed by atoms with Crippen molar-refractivity contribution in [3.8, 4) is 0 Å². The molecule has 0 aliphatic heterocycles. The van der Waals surface area contributed by atoms with Crippen LogP contribution in [0, 0.1) is 5.92 Å². The second-order valence-corrected chi connectivity index (χ2v) is 4.56. The van der Waals surface area contributed by atoms with E-state index in [0.717, 1.165) is 12.8 Å². The summed E-state index contributed by atoms with van der Waals surface area (Å²) >= 11 is 0. The zero-order valence-electron chi connectivity index (χ0n) is 10.0. The molecule has 0 radical (unpaired) electrons. The number of hydrogen-bond donors (Lipinski definition) is 1. The minimum Gasteiger partial charge on any atom is -0.394 e. The molecule has 0 aromatic heterocycles. The number of carbonyl (C=O) groups is 1. The molecule has 0 fully saturated rings. The average Bonchev–Trinajstić information content (AvgIpc) is 2.15. The zero-order valence-corrected chi connectivity index (χ0v) is 10.0. The van der Waals surface area contributed by atoms with Crippen molar-refractivity contribution < 1.29 is 9.90 Å². The van der Waals surface area contributed by atoms with Gasteiger partial charge in [-0.1, -0.05) is 20.3 Å².